The summed E-state index contributed by atoms with van der Waals surface area (Å²) < 4.78 is 32.2. The minimum Gasteiger partial charge on any atom is -0.457 e. The van der Waals surface area contributed by atoms with Gasteiger partial charge >= 0.3 is 0 Å². The minimum absolute atomic E-state index is 0.354. The maximum atomic E-state index is 13.2. The Morgan fingerprint density at radius 2 is 1.36 bits per heavy atom. The smallest absolute Gasteiger partial charge is 0.241 e. The van der Waals surface area contributed by atoms with E-state index < -0.39 is 22.0 Å². The molecule has 0 heterocycles. The second kappa shape index (κ2) is 11.1. The molecule has 0 aliphatic carbocycles. The van der Waals surface area contributed by atoms with Crippen LogP contribution in [0.25, 0.3) is 0 Å². The van der Waals surface area contributed by atoms with E-state index in [0.717, 1.165) is 27.3 Å². The van der Waals surface area contributed by atoms with Crippen LogP contribution in [0.3, 0.4) is 0 Å². The van der Waals surface area contributed by atoms with Gasteiger partial charge in [-0.15, -0.1) is 0 Å². The summed E-state index contributed by atoms with van der Waals surface area (Å²) in [7, 11) is -3.73. The average Bonchev–Trinajstić information content (AvgIpc) is 2.87. The molecule has 6 nitrogen and oxygen atoms in total. The first kappa shape index (κ1) is 25.0. The maximum Gasteiger partial charge on any atom is 0.241 e. The highest BCUT2D eigenvalue weighted by molar-refractivity contribution is 7.92. The highest BCUT2D eigenvalue weighted by Gasteiger charge is 2.24. The quantitative estimate of drug-likeness (QED) is 0.331. The second-order valence-electron chi connectivity index (χ2n) is 8.45. The third-order valence-corrected chi connectivity index (χ3v) is 6.87. The first-order chi connectivity index (χ1) is 17.3. The zero-order valence-electron chi connectivity index (χ0n) is 20.2. The van der Waals surface area contributed by atoms with Gasteiger partial charge < -0.3 is 10.1 Å². The molecular weight excluding hydrogens is 472 g/mol. The summed E-state index contributed by atoms with van der Waals surface area (Å²) in [6, 6.07) is 32.9. The molecule has 1 N–H and O–H groups in total. The largest absolute Gasteiger partial charge is 0.457 e. The van der Waals surface area contributed by atoms with E-state index in [-0.39, 0.29) is 6.54 Å². The number of nitrogens with zero attached hydrogens (tertiary/aromatic N) is 1. The predicted octanol–water partition coefficient (Wildman–Crippen LogP) is 5.46. The van der Waals surface area contributed by atoms with Crippen molar-refractivity contribution in [1.82, 2.24) is 5.32 Å². The zero-order valence-corrected chi connectivity index (χ0v) is 21.0. The summed E-state index contributed by atoms with van der Waals surface area (Å²) in [5, 5.41) is 3.04. The Morgan fingerprint density at radius 1 is 0.806 bits per heavy atom. The monoisotopic (exact) mass is 500 g/mol. The van der Waals surface area contributed by atoms with Crippen molar-refractivity contribution in [1.29, 1.82) is 0 Å². The van der Waals surface area contributed by atoms with E-state index in [4.69, 9.17) is 4.74 Å². The fourth-order valence-electron chi connectivity index (χ4n) is 3.94. The van der Waals surface area contributed by atoms with E-state index in [2.05, 4.69) is 5.32 Å². The lowest BCUT2D eigenvalue weighted by atomic mass is 9.95. The van der Waals surface area contributed by atoms with Crippen molar-refractivity contribution >= 4 is 21.6 Å². The molecule has 0 fully saturated rings. The number of sulfonamides is 1. The molecular formula is C29H28N2O4S. The Hall–Kier alpha value is -4.10. The van der Waals surface area contributed by atoms with E-state index in [1.165, 1.54) is 0 Å². The van der Waals surface area contributed by atoms with Crippen molar-refractivity contribution in [2.24, 2.45) is 0 Å². The highest BCUT2D eigenvalue weighted by Crippen LogP contribution is 2.27. The summed E-state index contributed by atoms with van der Waals surface area (Å²) in [5.41, 5.74) is 3.26. The van der Waals surface area contributed by atoms with Gasteiger partial charge in [0.2, 0.25) is 15.9 Å². The van der Waals surface area contributed by atoms with Crippen molar-refractivity contribution < 1.29 is 17.9 Å². The average molecular weight is 501 g/mol. The van der Waals surface area contributed by atoms with Crippen molar-refractivity contribution in [2.45, 2.75) is 13.0 Å². The van der Waals surface area contributed by atoms with Gasteiger partial charge in [0, 0.05) is 0 Å². The molecule has 0 aromatic heterocycles. The number of hydrogen-bond acceptors (Lipinski definition) is 4. The predicted molar refractivity (Wildman–Crippen MR) is 143 cm³/mol. The third kappa shape index (κ3) is 6.31. The normalized spacial score (nSPS) is 11.9. The first-order valence-corrected chi connectivity index (χ1v) is 13.4. The molecule has 4 aromatic carbocycles. The Kier molecular flexibility index (Phi) is 7.71. The summed E-state index contributed by atoms with van der Waals surface area (Å²) >= 11 is 0. The lowest BCUT2D eigenvalue weighted by Gasteiger charge is -2.25. The van der Waals surface area contributed by atoms with Gasteiger partial charge in [-0.05, 0) is 60.0 Å². The van der Waals surface area contributed by atoms with Crippen LogP contribution in [0.4, 0.5) is 5.69 Å². The minimum atomic E-state index is -3.73. The fourth-order valence-corrected chi connectivity index (χ4v) is 4.80. The Morgan fingerprint density at radius 3 is 1.97 bits per heavy atom. The number of anilines is 1. The second-order valence-corrected chi connectivity index (χ2v) is 10.4. The standard InChI is InChI=1S/C29H28N2O4S/c1-22-11-9-10-16-27(22)29(23-12-5-3-6-13-23)30-28(32)21-31(36(2,33)34)24-17-19-26(20-18-24)35-25-14-7-4-8-15-25/h3-20,29H,21H2,1-2H3,(H,30,32)/t29-/m1/s1. The molecule has 7 heteroatoms. The number of carbonyl (C=O) groups excluding carboxylic acids is 1. The molecule has 0 radical (unpaired) electrons. The van der Waals surface area contributed by atoms with Gasteiger partial charge in [0.05, 0.1) is 18.0 Å². The molecule has 4 aromatic rings. The Bertz CT molecular complexity index is 1410. The van der Waals surface area contributed by atoms with Crippen LogP contribution in [-0.2, 0) is 14.8 Å². The summed E-state index contributed by atoms with van der Waals surface area (Å²) in [6.07, 6.45) is 1.09. The molecule has 0 aliphatic rings. The molecule has 36 heavy (non-hydrogen) atoms. The van der Waals surface area contributed by atoms with Crippen molar-refractivity contribution in [2.75, 3.05) is 17.1 Å². The number of nitrogens with one attached hydrogen (secondary N) is 1. The van der Waals surface area contributed by atoms with Crippen LogP contribution in [-0.4, -0.2) is 27.1 Å². The number of aryl methyl sites for hydroxylation is 1. The zero-order chi connectivity index (χ0) is 25.5. The van der Waals surface area contributed by atoms with Crippen LogP contribution in [0.1, 0.15) is 22.7 Å². The summed E-state index contributed by atoms with van der Waals surface area (Å²) in [6.45, 7) is 1.63. The molecule has 1 amide bonds. The molecule has 0 saturated heterocycles. The fraction of sp³-hybridized carbons (Fsp3) is 0.138. The van der Waals surface area contributed by atoms with Crippen LogP contribution in [0.15, 0.2) is 109 Å². The molecule has 0 unspecified atom stereocenters. The van der Waals surface area contributed by atoms with Gasteiger partial charge in [0.25, 0.3) is 0 Å². The number of ether oxygens (including phenoxy) is 1. The molecule has 184 valence electrons. The maximum absolute atomic E-state index is 13.2. The summed E-state index contributed by atoms with van der Waals surface area (Å²) in [4.78, 5) is 13.2. The number of amides is 1. The van der Waals surface area contributed by atoms with Gasteiger partial charge in [0.15, 0.2) is 0 Å². The number of rotatable bonds is 9. The van der Waals surface area contributed by atoms with Gasteiger partial charge in [-0.1, -0.05) is 72.8 Å². The van der Waals surface area contributed by atoms with Gasteiger partial charge in [0.1, 0.15) is 18.0 Å². The van der Waals surface area contributed by atoms with E-state index in [0.29, 0.717) is 17.2 Å². The summed E-state index contributed by atoms with van der Waals surface area (Å²) in [5.74, 6) is 0.821. The number of benzene rings is 4. The molecule has 0 saturated carbocycles. The van der Waals surface area contributed by atoms with Crippen molar-refractivity contribution in [3.63, 3.8) is 0 Å². The van der Waals surface area contributed by atoms with Gasteiger partial charge in [-0.3, -0.25) is 9.10 Å². The topological polar surface area (TPSA) is 75.7 Å². The van der Waals surface area contributed by atoms with E-state index in [9.17, 15) is 13.2 Å². The molecule has 0 bridgehead atoms. The van der Waals surface area contributed by atoms with Crippen molar-refractivity contribution in [3.8, 4) is 11.5 Å². The van der Waals surface area contributed by atoms with E-state index in [1.54, 1.807) is 24.3 Å². The molecule has 0 aliphatic heterocycles. The van der Waals surface area contributed by atoms with Crippen LogP contribution < -0.4 is 14.4 Å². The lowest BCUT2D eigenvalue weighted by Crippen LogP contribution is -2.42. The van der Waals surface area contributed by atoms with Gasteiger partial charge in [-0.25, -0.2) is 8.42 Å². The van der Waals surface area contributed by atoms with Crippen molar-refractivity contribution in [3.05, 3.63) is 126 Å². The highest BCUT2D eigenvalue weighted by atomic mass is 32.2. The first-order valence-electron chi connectivity index (χ1n) is 11.5. The SMILES string of the molecule is Cc1ccccc1[C@H](NC(=O)CN(c1ccc(Oc2ccccc2)cc1)S(C)(=O)=O)c1ccccc1. The molecule has 1 atom stereocenters. The van der Waals surface area contributed by atoms with Crippen LogP contribution in [0.2, 0.25) is 0 Å². The van der Waals surface area contributed by atoms with Crippen LogP contribution in [0, 0.1) is 6.92 Å². The van der Waals surface area contributed by atoms with E-state index in [1.807, 2.05) is 91.9 Å². The van der Waals surface area contributed by atoms with Crippen LogP contribution in [0.5, 0.6) is 11.5 Å². The van der Waals surface area contributed by atoms with E-state index >= 15 is 0 Å². The Balaban J connectivity index is 1.55. The molecule has 4 rings (SSSR count). The molecule has 0 spiro atoms. The number of hydrogen-bond donors (Lipinski definition) is 1. The Labute approximate surface area is 212 Å². The van der Waals surface area contributed by atoms with Gasteiger partial charge in [-0.2, -0.15) is 0 Å². The number of para-hydroxylation sites is 1. The number of carbonyl (C=O) groups is 1. The van der Waals surface area contributed by atoms with Crippen LogP contribution >= 0.6 is 0 Å². The lowest BCUT2D eigenvalue weighted by molar-refractivity contribution is -0.120. The third-order valence-electron chi connectivity index (χ3n) is 5.73.